The van der Waals surface area contributed by atoms with E-state index in [1.807, 2.05) is 12.1 Å². The third-order valence-corrected chi connectivity index (χ3v) is 3.09. The Bertz CT molecular complexity index is 741. The van der Waals surface area contributed by atoms with Crippen molar-refractivity contribution in [1.29, 1.82) is 5.41 Å². The van der Waals surface area contributed by atoms with E-state index >= 15 is 0 Å². The molecule has 2 rings (SSSR count). The van der Waals surface area contributed by atoms with Crippen molar-refractivity contribution in [3.63, 3.8) is 0 Å². The Morgan fingerprint density at radius 2 is 2.09 bits per heavy atom. The largest absolute Gasteiger partial charge is 0.497 e. The van der Waals surface area contributed by atoms with Crippen LogP contribution >= 0.6 is 0 Å². The van der Waals surface area contributed by atoms with Crippen LogP contribution in [0.25, 0.3) is 0 Å². The quantitative estimate of drug-likeness (QED) is 0.737. The van der Waals surface area contributed by atoms with Crippen molar-refractivity contribution < 1.29 is 14.6 Å². The number of nitrogens with one attached hydrogen (secondary N) is 2. The maximum absolute atomic E-state index is 11.4. The Kier molecular flexibility index (Phi) is 4.41. The standard InChI is InChI=1S/C16H17N3O3/c1-9-7-13(16(20)21)14(10(2)17)15(18-9)19-11-5-4-6-12(8-11)22-3/h4-8,17H,1-3H3,(H,18,19)(H,20,21). The Labute approximate surface area is 128 Å². The molecule has 0 radical (unpaired) electrons. The Morgan fingerprint density at radius 3 is 2.68 bits per heavy atom. The number of aryl methyl sites for hydroxylation is 1. The minimum atomic E-state index is -1.08. The van der Waals surface area contributed by atoms with Crippen LogP contribution in [0.4, 0.5) is 11.5 Å². The van der Waals surface area contributed by atoms with E-state index in [0.717, 1.165) is 0 Å². The Morgan fingerprint density at radius 1 is 1.36 bits per heavy atom. The molecule has 6 nitrogen and oxygen atoms in total. The number of carboxylic acid groups (broad SMARTS) is 1. The molecule has 1 aromatic heterocycles. The zero-order valence-corrected chi connectivity index (χ0v) is 12.6. The summed E-state index contributed by atoms with van der Waals surface area (Å²) in [6.45, 7) is 3.25. The highest BCUT2D eigenvalue weighted by Gasteiger charge is 2.18. The van der Waals surface area contributed by atoms with Gasteiger partial charge < -0.3 is 20.6 Å². The summed E-state index contributed by atoms with van der Waals surface area (Å²) in [5, 5.41) is 20.3. The lowest BCUT2D eigenvalue weighted by Gasteiger charge is -2.14. The number of benzene rings is 1. The fourth-order valence-corrected chi connectivity index (χ4v) is 2.15. The van der Waals surface area contributed by atoms with Crippen LogP contribution in [0.3, 0.4) is 0 Å². The number of pyridine rings is 1. The number of ether oxygens (including phenoxy) is 1. The summed E-state index contributed by atoms with van der Waals surface area (Å²) in [4.78, 5) is 15.7. The molecule has 0 aliphatic rings. The Balaban J connectivity index is 2.54. The van der Waals surface area contributed by atoms with E-state index in [4.69, 9.17) is 10.1 Å². The summed E-state index contributed by atoms with van der Waals surface area (Å²) in [6, 6.07) is 8.67. The van der Waals surface area contributed by atoms with Crippen LogP contribution in [0.15, 0.2) is 30.3 Å². The number of anilines is 2. The molecule has 0 aliphatic carbocycles. The minimum Gasteiger partial charge on any atom is -0.497 e. The number of nitrogens with zero attached hydrogens (tertiary/aromatic N) is 1. The SMILES string of the molecule is COc1cccc(Nc2nc(C)cc(C(=O)O)c2C(C)=N)c1. The maximum atomic E-state index is 11.4. The van der Waals surface area contributed by atoms with E-state index < -0.39 is 5.97 Å². The van der Waals surface area contributed by atoms with Crippen LogP contribution < -0.4 is 10.1 Å². The molecule has 0 amide bonds. The topological polar surface area (TPSA) is 95.3 Å². The first-order valence-electron chi connectivity index (χ1n) is 6.64. The molecule has 0 unspecified atom stereocenters. The van der Waals surface area contributed by atoms with Crippen LogP contribution in [-0.2, 0) is 0 Å². The van der Waals surface area contributed by atoms with Gasteiger partial charge in [-0.15, -0.1) is 0 Å². The molecule has 0 spiro atoms. The predicted molar refractivity (Wildman–Crippen MR) is 84.7 cm³/mol. The molecule has 0 saturated heterocycles. The molecule has 0 saturated carbocycles. The molecule has 114 valence electrons. The second-order valence-electron chi connectivity index (χ2n) is 4.82. The maximum Gasteiger partial charge on any atom is 0.336 e. The van der Waals surface area contributed by atoms with E-state index in [1.54, 1.807) is 26.2 Å². The summed E-state index contributed by atoms with van der Waals surface area (Å²) in [5.74, 6) is -0.0665. The highest BCUT2D eigenvalue weighted by molar-refractivity contribution is 6.09. The highest BCUT2D eigenvalue weighted by Crippen LogP contribution is 2.25. The highest BCUT2D eigenvalue weighted by atomic mass is 16.5. The van der Waals surface area contributed by atoms with Crippen LogP contribution in [0.2, 0.25) is 0 Å². The monoisotopic (exact) mass is 299 g/mol. The average Bonchev–Trinajstić information content (AvgIpc) is 2.46. The first-order chi connectivity index (χ1) is 10.4. The van der Waals surface area contributed by atoms with Gasteiger partial charge in [0.1, 0.15) is 11.6 Å². The van der Waals surface area contributed by atoms with Gasteiger partial charge in [-0.1, -0.05) is 6.07 Å². The first kappa shape index (κ1) is 15.5. The minimum absolute atomic E-state index is 0.0606. The summed E-state index contributed by atoms with van der Waals surface area (Å²) in [5.41, 5.74) is 1.74. The number of hydrogen-bond acceptors (Lipinski definition) is 5. The number of methoxy groups -OCH3 is 1. The zero-order chi connectivity index (χ0) is 16.3. The van der Waals surface area contributed by atoms with Gasteiger partial charge >= 0.3 is 5.97 Å². The van der Waals surface area contributed by atoms with E-state index in [0.29, 0.717) is 22.9 Å². The second-order valence-corrected chi connectivity index (χ2v) is 4.82. The fourth-order valence-electron chi connectivity index (χ4n) is 2.15. The lowest BCUT2D eigenvalue weighted by Crippen LogP contribution is -2.12. The molecule has 0 fully saturated rings. The number of carboxylic acids is 1. The molecule has 0 aliphatic heterocycles. The molecule has 0 bridgehead atoms. The van der Waals surface area contributed by atoms with Crippen LogP contribution in [0.1, 0.15) is 28.5 Å². The van der Waals surface area contributed by atoms with Gasteiger partial charge in [-0.2, -0.15) is 0 Å². The van der Waals surface area contributed by atoms with Crippen molar-refractivity contribution >= 4 is 23.2 Å². The van der Waals surface area contributed by atoms with E-state index in [2.05, 4.69) is 10.3 Å². The third kappa shape index (κ3) is 3.22. The van der Waals surface area contributed by atoms with Crippen LogP contribution in [0.5, 0.6) is 5.75 Å². The molecule has 3 N–H and O–H groups in total. The van der Waals surface area contributed by atoms with Gasteiger partial charge in [0.15, 0.2) is 0 Å². The number of aromatic carboxylic acids is 1. The van der Waals surface area contributed by atoms with Crippen molar-refractivity contribution in [2.24, 2.45) is 0 Å². The number of rotatable bonds is 5. The molecule has 2 aromatic rings. The first-order valence-corrected chi connectivity index (χ1v) is 6.64. The zero-order valence-electron chi connectivity index (χ0n) is 12.6. The summed E-state index contributed by atoms with van der Waals surface area (Å²) < 4.78 is 5.16. The average molecular weight is 299 g/mol. The molecule has 6 heteroatoms. The van der Waals surface area contributed by atoms with Crippen molar-refractivity contribution in [2.45, 2.75) is 13.8 Å². The van der Waals surface area contributed by atoms with Gasteiger partial charge in [-0.25, -0.2) is 9.78 Å². The van der Waals surface area contributed by atoms with Gasteiger partial charge in [0.2, 0.25) is 0 Å². The predicted octanol–water partition coefficient (Wildman–Crippen LogP) is 3.23. The van der Waals surface area contributed by atoms with Crippen molar-refractivity contribution in [1.82, 2.24) is 4.98 Å². The summed E-state index contributed by atoms with van der Waals surface area (Å²) in [7, 11) is 1.57. The van der Waals surface area contributed by atoms with Crippen LogP contribution in [-0.4, -0.2) is 28.9 Å². The van der Waals surface area contributed by atoms with E-state index in [9.17, 15) is 9.90 Å². The number of carbonyl (C=O) groups is 1. The Hall–Kier alpha value is -2.89. The molecule has 1 aromatic carbocycles. The van der Waals surface area contributed by atoms with E-state index in [1.165, 1.54) is 13.0 Å². The van der Waals surface area contributed by atoms with Gasteiger partial charge in [-0.3, -0.25) is 0 Å². The van der Waals surface area contributed by atoms with Crippen molar-refractivity contribution in [3.05, 3.63) is 47.2 Å². The van der Waals surface area contributed by atoms with Crippen LogP contribution in [0, 0.1) is 12.3 Å². The van der Waals surface area contributed by atoms with Gasteiger partial charge in [0.25, 0.3) is 0 Å². The van der Waals surface area contributed by atoms with E-state index in [-0.39, 0.29) is 16.8 Å². The smallest absolute Gasteiger partial charge is 0.336 e. The number of aromatic nitrogens is 1. The van der Waals surface area contributed by atoms with Gasteiger partial charge in [-0.05, 0) is 32.0 Å². The molecule has 1 heterocycles. The van der Waals surface area contributed by atoms with Crippen molar-refractivity contribution in [2.75, 3.05) is 12.4 Å². The fraction of sp³-hybridized carbons (Fsp3) is 0.188. The van der Waals surface area contributed by atoms with Crippen molar-refractivity contribution in [3.8, 4) is 5.75 Å². The lowest BCUT2D eigenvalue weighted by molar-refractivity contribution is 0.0696. The second kappa shape index (κ2) is 6.26. The normalized spacial score (nSPS) is 10.1. The molecule has 0 atom stereocenters. The summed E-state index contributed by atoms with van der Waals surface area (Å²) >= 11 is 0. The molecular formula is C16H17N3O3. The lowest BCUT2D eigenvalue weighted by atomic mass is 10.0. The molecular weight excluding hydrogens is 282 g/mol. The summed E-state index contributed by atoms with van der Waals surface area (Å²) in [6.07, 6.45) is 0. The molecule has 22 heavy (non-hydrogen) atoms. The number of hydrogen-bond donors (Lipinski definition) is 3. The van der Waals surface area contributed by atoms with Gasteiger partial charge in [0, 0.05) is 23.2 Å². The third-order valence-electron chi connectivity index (χ3n) is 3.09. The van der Waals surface area contributed by atoms with Gasteiger partial charge in [0.05, 0.1) is 18.2 Å².